The minimum atomic E-state index is -3.40. The lowest BCUT2D eigenvalue weighted by Crippen LogP contribution is -2.50. The fraction of sp³-hybridized carbons (Fsp3) is 0.900. The van der Waals surface area contributed by atoms with Crippen molar-refractivity contribution in [2.24, 2.45) is 0 Å². The van der Waals surface area contributed by atoms with E-state index in [4.69, 9.17) is 4.74 Å². The zero-order valence-corrected chi connectivity index (χ0v) is 11.5. The van der Waals surface area contributed by atoms with Gasteiger partial charge in [-0.3, -0.25) is 4.79 Å². The minimum Gasteiger partial charge on any atom is -0.466 e. The monoisotopic (exact) mass is 279 g/mol. The molecule has 106 valence electrons. The van der Waals surface area contributed by atoms with Gasteiger partial charge in [-0.25, -0.2) is 4.72 Å². The molecule has 0 aromatic rings. The maximum atomic E-state index is 11.8. The smallest absolute Gasteiger partial charge is 0.305 e. The normalized spacial score (nSPS) is 17.6. The van der Waals surface area contributed by atoms with Crippen molar-refractivity contribution in [3.63, 3.8) is 0 Å². The standard InChI is InChI=1S/C10H21N3O4S/c1-2-17-10(14)4-3-5-12-18(15,16)13-8-6-11-7-9-13/h11-12H,2-9H2,1H3. The highest BCUT2D eigenvalue weighted by atomic mass is 32.2. The van der Waals surface area contributed by atoms with E-state index >= 15 is 0 Å². The van der Waals surface area contributed by atoms with E-state index < -0.39 is 10.2 Å². The lowest BCUT2D eigenvalue weighted by Gasteiger charge is -2.26. The average Bonchev–Trinajstić information content (AvgIpc) is 2.36. The molecule has 0 aliphatic carbocycles. The first-order valence-corrected chi connectivity index (χ1v) is 7.61. The molecule has 1 aliphatic heterocycles. The lowest BCUT2D eigenvalue weighted by molar-refractivity contribution is -0.143. The molecule has 18 heavy (non-hydrogen) atoms. The van der Waals surface area contributed by atoms with Gasteiger partial charge in [-0.15, -0.1) is 0 Å². The number of rotatable bonds is 7. The van der Waals surface area contributed by atoms with E-state index in [9.17, 15) is 13.2 Å². The van der Waals surface area contributed by atoms with Crippen LogP contribution in [0, 0.1) is 0 Å². The average molecular weight is 279 g/mol. The van der Waals surface area contributed by atoms with E-state index in [-0.39, 0.29) is 18.9 Å². The summed E-state index contributed by atoms with van der Waals surface area (Å²) < 4.78 is 32.3. The summed E-state index contributed by atoms with van der Waals surface area (Å²) in [5.41, 5.74) is 0. The molecule has 0 saturated carbocycles. The Hall–Kier alpha value is -0.700. The zero-order valence-electron chi connectivity index (χ0n) is 10.6. The molecule has 0 spiro atoms. The first-order valence-electron chi connectivity index (χ1n) is 6.17. The van der Waals surface area contributed by atoms with Crippen LogP contribution in [0.3, 0.4) is 0 Å². The maximum absolute atomic E-state index is 11.8. The summed E-state index contributed by atoms with van der Waals surface area (Å²) in [6, 6.07) is 0. The highest BCUT2D eigenvalue weighted by molar-refractivity contribution is 7.87. The highest BCUT2D eigenvalue weighted by Crippen LogP contribution is 2.00. The van der Waals surface area contributed by atoms with Gasteiger partial charge in [0.05, 0.1) is 6.61 Å². The van der Waals surface area contributed by atoms with Gasteiger partial charge in [0.1, 0.15) is 0 Å². The van der Waals surface area contributed by atoms with Gasteiger partial charge in [0, 0.05) is 39.1 Å². The van der Waals surface area contributed by atoms with Crippen LogP contribution in [0.15, 0.2) is 0 Å². The van der Waals surface area contributed by atoms with Crippen molar-refractivity contribution in [3.8, 4) is 0 Å². The summed E-state index contributed by atoms with van der Waals surface area (Å²) in [5.74, 6) is -0.293. The fourth-order valence-corrected chi connectivity index (χ4v) is 2.89. The first-order chi connectivity index (χ1) is 8.56. The van der Waals surface area contributed by atoms with Gasteiger partial charge in [-0.05, 0) is 13.3 Å². The van der Waals surface area contributed by atoms with Crippen LogP contribution in [-0.2, 0) is 19.7 Å². The molecule has 8 heteroatoms. The summed E-state index contributed by atoms with van der Waals surface area (Å²) in [7, 11) is -3.40. The van der Waals surface area contributed by atoms with Crippen molar-refractivity contribution in [3.05, 3.63) is 0 Å². The Kier molecular flexibility index (Phi) is 6.55. The second-order valence-corrected chi connectivity index (χ2v) is 5.71. The largest absolute Gasteiger partial charge is 0.466 e. The molecule has 0 amide bonds. The van der Waals surface area contributed by atoms with Gasteiger partial charge in [0.15, 0.2) is 0 Å². The molecule has 1 fully saturated rings. The van der Waals surface area contributed by atoms with Gasteiger partial charge in [-0.1, -0.05) is 0 Å². The van der Waals surface area contributed by atoms with Crippen LogP contribution in [-0.4, -0.2) is 58.0 Å². The van der Waals surface area contributed by atoms with Crippen LogP contribution in [0.4, 0.5) is 0 Å². The zero-order chi connectivity index (χ0) is 13.4. The third-order valence-electron chi connectivity index (χ3n) is 2.56. The number of carbonyl (C=O) groups is 1. The molecule has 0 radical (unpaired) electrons. The molecule has 0 aromatic heterocycles. The summed E-state index contributed by atoms with van der Waals surface area (Å²) in [6.07, 6.45) is 0.683. The van der Waals surface area contributed by atoms with E-state index in [0.717, 1.165) is 0 Å². The van der Waals surface area contributed by atoms with Crippen LogP contribution in [0.1, 0.15) is 19.8 Å². The summed E-state index contributed by atoms with van der Waals surface area (Å²) in [5, 5.41) is 3.09. The van der Waals surface area contributed by atoms with Crippen molar-refractivity contribution in [2.75, 3.05) is 39.3 Å². The number of esters is 1. The fourth-order valence-electron chi connectivity index (χ4n) is 1.64. The van der Waals surface area contributed by atoms with Gasteiger partial charge in [-0.2, -0.15) is 12.7 Å². The van der Waals surface area contributed by atoms with Crippen molar-refractivity contribution in [2.45, 2.75) is 19.8 Å². The van der Waals surface area contributed by atoms with Crippen molar-refractivity contribution < 1.29 is 17.9 Å². The SMILES string of the molecule is CCOC(=O)CCCNS(=O)(=O)N1CCNCC1. The number of nitrogens with one attached hydrogen (secondary N) is 2. The molecule has 1 aliphatic rings. The second kappa shape index (κ2) is 7.67. The van der Waals surface area contributed by atoms with Gasteiger partial charge >= 0.3 is 5.97 Å². The molecule has 1 saturated heterocycles. The van der Waals surface area contributed by atoms with Crippen LogP contribution in [0.25, 0.3) is 0 Å². The summed E-state index contributed by atoms with van der Waals surface area (Å²) >= 11 is 0. The topological polar surface area (TPSA) is 87.7 Å². The molecular formula is C10H21N3O4S. The predicted octanol–water partition coefficient (Wildman–Crippen LogP) is -0.931. The molecule has 7 nitrogen and oxygen atoms in total. The van der Waals surface area contributed by atoms with Crippen molar-refractivity contribution in [1.29, 1.82) is 0 Å². The Morgan fingerprint density at radius 3 is 2.67 bits per heavy atom. The summed E-state index contributed by atoms with van der Waals surface area (Å²) in [6.45, 7) is 4.65. The van der Waals surface area contributed by atoms with E-state index in [1.807, 2.05) is 0 Å². The molecule has 2 N–H and O–H groups in total. The van der Waals surface area contributed by atoms with E-state index in [2.05, 4.69) is 10.0 Å². The van der Waals surface area contributed by atoms with Crippen molar-refractivity contribution >= 4 is 16.2 Å². The molecule has 0 bridgehead atoms. The number of hydrogen-bond donors (Lipinski definition) is 2. The van der Waals surface area contributed by atoms with Crippen molar-refractivity contribution in [1.82, 2.24) is 14.3 Å². The van der Waals surface area contributed by atoms with Crippen LogP contribution >= 0.6 is 0 Å². The first kappa shape index (κ1) is 15.4. The quantitative estimate of drug-likeness (QED) is 0.464. The number of carbonyl (C=O) groups excluding carboxylic acids is 1. The van der Waals surface area contributed by atoms with E-state index in [0.29, 0.717) is 39.2 Å². The van der Waals surface area contributed by atoms with E-state index in [1.165, 1.54) is 4.31 Å². The maximum Gasteiger partial charge on any atom is 0.305 e. The van der Waals surface area contributed by atoms with Gasteiger partial charge in [0.2, 0.25) is 0 Å². The highest BCUT2D eigenvalue weighted by Gasteiger charge is 2.22. The molecule has 0 unspecified atom stereocenters. The molecule has 0 aromatic carbocycles. The lowest BCUT2D eigenvalue weighted by atomic mass is 10.3. The second-order valence-electron chi connectivity index (χ2n) is 3.96. The molecular weight excluding hydrogens is 258 g/mol. The Morgan fingerprint density at radius 1 is 1.39 bits per heavy atom. The van der Waals surface area contributed by atoms with Gasteiger partial charge in [0.25, 0.3) is 10.2 Å². The minimum absolute atomic E-state index is 0.234. The van der Waals surface area contributed by atoms with Crippen LogP contribution in [0.5, 0.6) is 0 Å². The Labute approximate surface area is 108 Å². The third kappa shape index (κ3) is 5.30. The van der Waals surface area contributed by atoms with Crippen LogP contribution in [0.2, 0.25) is 0 Å². The molecule has 1 heterocycles. The predicted molar refractivity (Wildman–Crippen MR) is 67.2 cm³/mol. The number of nitrogens with zero attached hydrogens (tertiary/aromatic N) is 1. The Morgan fingerprint density at radius 2 is 2.06 bits per heavy atom. The van der Waals surface area contributed by atoms with Gasteiger partial charge < -0.3 is 10.1 Å². The van der Waals surface area contributed by atoms with E-state index in [1.54, 1.807) is 6.92 Å². The Balaban J connectivity index is 2.22. The third-order valence-corrected chi connectivity index (χ3v) is 4.18. The summed E-state index contributed by atoms with van der Waals surface area (Å²) in [4.78, 5) is 11.1. The molecule has 1 rings (SSSR count). The number of hydrogen-bond acceptors (Lipinski definition) is 5. The number of piperazine rings is 1. The number of ether oxygens (including phenoxy) is 1. The molecule has 0 atom stereocenters. The Bertz CT molecular complexity index is 352. The van der Waals surface area contributed by atoms with Crippen LogP contribution < -0.4 is 10.0 Å².